The van der Waals surface area contributed by atoms with Crippen LogP contribution in [0.25, 0.3) is 0 Å². The molecule has 0 aromatic heterocycles. The summed E-state index contributed by atoms with van der Waals surface area (Å²) < 4.78 is 0. The Labute approximate surface area is 130 Å². The fourth-order valence-electron chi connectivity index (χ4n) is 3.31. The summed E-state index contributed by atoms with van der Waals surface area (Å²) >= 11 is 6.24. The fraction of sp³-hybridized carbons (Fsp3) is 0.625. The van der Waals surface area contributed by atoms with Gasteiger partial charge in [0, 0.05) is 12.1 Å². The summed E-state index contributed by atoms with van der Waals surface area (Å²) in [6, 6.07) is 4.77. The molecule has 2 rings (SSSR count). The Hall–Kier alpha value is -1.13. The van der Waals surface area contributed by atoms with Crippen LogP contribution in [-0.2, 0) is 6.42 Å². The highest BCUT2D eigenvalue weighted by Gasteiger charge is 2.30. The van der Waals surface area contributed by atoms with Crippen molar-refractivity contribution in [3.8, 4) is 0 Å². The molecular weight excluding hydrogens is 288 g/mol. The van der Waals surface area contributed by atoms with Crippen molar-refractivity contribution in [1.82, 2.24) is 0 Å². The van der Waals surface area contributed by atoms with Gasteiger partial charge in [-0.2, -0.15) is 0 Å². The van der Waals surface area contributed by atoms with Crippen LogP contribution >= 0.6 is 11.6 Å². The molecule has 0 unspecified atom stereocenters. The van der Waals surface area contributed by atoms with Crippen molar-refractivity contribution in [3.63, 3.8) is 0 Å². The molecule has 1 aromatic carbocycles. The van der Waals surface area contributed by atoms with Gasteiger partial charge in [-0.3, -0.25) is 10.1 Å². The van der Waals surface area contributed by atoms with Crippen LogP contribution in [0.2, 0.25) is 5.02 Å². The third kappa shape index (κ3) is 4.17. The molecule has 5 heteroatoms. The first-order chi connectivity index (χ1) is 10.1. The van der Waals surface area contributed by atoms with E-state index in [1.54, 1.807) is 6.07 Å². The minimum Gasteiger partial charge on any atom is -0.330 e. The molecule has 1 aliphatic carbocycles. The molecule has 0 amide bonds. The minimum absolute atomic E-state index is 0.0446. The quantitative estimate of drug-likeness (QED) is 0.658. The highest BCUT2D eigenvalue weighted by atomic mass is 35.5. The van der Waals surface area contributed by atoms with Crippen LogP contribution in [0.5, 0.6) is 0 Å². The second-order valence-corrected chi connectivity index (χ2v) is 6.59. The number of nitro benzene ring substituents is 1. The van der Waals surface area contributed by atoms with Gasteiger partial charge in [0.15, 0.2) is 0 Å². The van der Waals surface area contributed by atoms with Crippen molar-refractivity contribution in [2.75, 3.05) is 6.54 Å². The maximum atomic E-state index is 10.8. The molecule has 21 heavy (non-hydrogen) atoms. The average Bonchev–Trinajstić information content (AvgIpc) is 2.44. The molecule has 1 aliphatic rings. The zero-order chi connectivity index (χ0) is 15.3. The van der Waals surface area contributed by atoms with E-state index in [2.05, 4.69) is 0 Å². The van der Waals surface area contributed by atoms with Crippen LogP contribution in [0.15, 0.2) is 18.2 Å². The molecule has 4 nitrogen and oxygen atoms in total. The lowest BCUT2D eigenvalue weighted by Gasteiger charge is -2.35. The Morgan fingerprint density at radius 2 is 1.81 bits per heavy atom. The number of rotatable bonds is 4. The van der Waals surface area contributed by atoms with Crippen molar-refractivity contribution in [1.29, 1.82) is 0 Å². The Kier molecular flexibility index (Phi) is 5.59. The van der Waals surface area contributed by atoms with Gasteiger partial charge in [0.2, 0.25) is 0 Å². The second-order valence-electron chi connectivity index (χ2n) is 6.18. The number of nitrogens with two attached hydrogens (primary N) is 1. The monoisotopic (exact) mass is 310 g/mol. The Morgan fingerprint density at radius 1 is 1.19 bits per heavy atom. The predicted octanol–water partition coefficient (Wildman–Crippen LogP) is 4.48. The SMILES string of the molecule is NCC1(Cc2ccc([N+](=O)[O-])cc2Cl)CCCCCCC1. The molecule has 0 radical (unpaired) electrons. The van der Waals surface area contributed by atoms with E-state index in [0.29, 0.717) is 11.6 Å². The zero-order valence-corrected chi connectivity index (χ0v) is 13.1. The van der Waals surface area contributed by atoms with Crippen LogP contribution in [0, 0.1) is 15.5 Å². The molecule has 0 spiro atoms. The van der Waals surface area contributed by atoms with Gasteiger partial charge in [-0.1, -0.05) is 49.8 Å². The van der Waals surface area contributed by atoms with E-state index >= 15 is 0 Å². The molecule has 1 fully saturated rings. The summed E-state index contributed by atoms with van der Waals surface area (Å²) in [6.07, 6.45) is 9.35. The molecule has 0 atom stereocenters. The molecule has 0 saturated heterocycles. The van der Waals surface area contributed by atoms with E-state index < -0.39 is 4.92 Å². The number of hydrogen-bond donors (Lipinski definition) is 1. The summed E-state index contributed by atoms with van der Waals surface area (Å²) in [5.41, 5.74) is 7.21. The fourth-order valence-corrected chi connectivity index (χ4v) is 3.55. The number of nitro groups is 1. The molecule has 0 aliphatic heterocycles. The van der Waals surface area contributed by atoms with Crippen molar-refractivity contribution in [2.24, 2.45) is 11.1 Å². The number of nitrogens with zero attached hydrogens (tertiary/aromatic N) is 1. The van der Waals surface area contributed by atoms with Crippen molar-refractivity contribution >= 4 is 17.3 Å². The normalized spacial score (nSPS) is 18.8. The second kappa shape index (κ2) is 7.23. The summed E-state index contributed by atoms with van der Waals surface area (Å²) in [5.74, 6) is 0. The van der Waals surface area contributed by atoms with Gasteiger partial charge in [-0.25, -0.2) is 0 Å². The van der Waals surface area contributed by atoms with Crippen LogP contribution in [0.4, 0.5) is 5.69 Å². The van der Waals surface area contributed by atoms with E-state index in [9.17, 15) is 10.1 Å². The summed E-state index contributed by atoms with van der Waals surface area (Å²) in [4.78, 5) is 10.4. The van der Waals surface area contributed by atoms with E-state index in [1.807, 2.05) is 0 Å². The Balaban J connectivity index is 2.18. The topological polar surface area (TPSA) is 69.2 Å². The van der Waals surface area contributed by atoms with Crippen molar-refractivity contribution in [2.45, 2.75) is 51.4 Å². The molecule has 0 bridgehead atoms. The van der Waals surface area contributed by atoms with Gasteiger partial charge in [-0.15, -0.1) is 0 Å². The Bertz CT molecular complexity index is 497. The van der Waals surface area contributed by atoms with Gasteiger partial charge >= 0.3 is 0 Å². The maximum Gasteiger partial charge on any atom is 0.270 e. The van der Waals surface area contributed by atoms with E-state index in [-0.39, 0.29) is 11.1 Å². The summed E-state index contributed by atoms with van der Waals surface area (Å²) in [6.45, 7) is 0.653. The lowest BCUT2D eigenvalue weighted by molar-refractivity contribution is -0.384. The number of non-ortho nitro benzene ring substituents is 1. The van der Waals surface area contributed by atoms with Crippen LogP contribution in [0.1, 0.15) is 50.5 Å². The van der Waals surface area contributed by atoms with Gasteiger partial charge < -0.3 is 5.73 Å². The smallest absolute Gasteiger partial charge is 0.270 e. The molecule has 116 valence electrons. The van der Waals surface area contributed by atoms with Crippen LogP contribution in [0.3, 0.4) is 0 Å². The standard InChI is InChI=1S/C16H23ClN2O2/c17-15-10-14(19(20)21)7-6-13(15)11-16(12-18)8-4-2-1-3-5-9-16/h6-7,10H,1-5,8-9,11-12,18H2. The maximum absolute atomic E-state index is 10.8. The number of hydrogen-bond acceptors (Lipinski definition) is 3. The summed E-state index contributed by atoms with van der Waals surface area (Å²) in [5, 5.41) is 11.3. The van der Waals surface area contributed by atoms with Crippen molar-refractivity contribution < 1.29 is 4.92 Å². The lowest BCUT2D eigenvalue weighted by atomic mass is 9.72. The summed E-state index contributed by atoms with van der Waals surface area (Å²) in [7, 11) is 0. The average molecular weight is 311 g/mol. The first-order valence-electron chi connectivity index (χ1n) is 7.69. The van der Waals surface area contributed by atoms with Gasteiger partial charge in [0.1, 0.15) is 0 Å². The molecule has 2 N–H and O–H groups in total. The predicted molar refractivity (Wildman–Crippen MR) is 85.6 cm³/mol. The lowest BCUT2D eigenvalue weighted by Crippen LogP contribution is -2.33. The van der Waals surface area contributed by atoms with E-state index in [4.69, 9.17) is 17.3 Å². The first kappa shape index (κ1) is 16.2. The van der Waals surface area contributed by atoms with Crippen LogP contribution < -0.4 is 5.73 Å². The van der Waals surface area contributed by atoms with Gasteiger partial charge in [0.25, 0.3) is 5.69 Å². The van der Waals surface area contributed by atoms with Crippen molar-refractivity contribution in [3.05, 3.63) is 38.9 Å². The number of benzene rings is 1. The van der Waals surface area contributed by atoms with Crippen LogP contribution in [-0.4, -0.2) is 11.5 Å². The highest BCUT2D eigenvalue weighted by Crippen LogP contribution is 2.38. The molecular formula is C16H23ClN2O2. The third-order valence-corrected chi connectivity index (χ3v) is 5.01. The zero-order valence-electron chi connectivity index (χ0n) is 12.3. The van der Waals surface area contributed by atoms with Gasteiger partial charge in [-0.05, 0) is 36.8 Å². The molecule has 0 heterocycles. The minimum atomic E-state index is -0.413. The Morgan fingerprint density at radius 3 is 2.33 bits per heavy atom. The molecule has 1 saturated carbocycles. The highest BCUT2D eigenvalue weighted by molar-refractivity contribution is 6.31. The van der Waals surface area contributed by atoms with E-state index in [0.717, 1.165) is 24.8 Å². The van der Waals surface area contributed by atoms with Gasteiger partial charge in [0.05, 0.1) is 9.95 Å². The van der Waals surface area contributed by atoms with E-state index in [1.165, 1.54) is 44.2 Å². The first-order valence-corrected chi connectivity index (χ1v) is 8.07. The largest absolute Gasteiger partial charge is 0.330 e. The number of halogens is 1. The molecule has 1 aromatic rings. The third-order valence-electron chi connectivity index (χ3n) is 4.66.